The number of carbonyl (C=O) groups is 9. The molecule has 5 aromatic rings. The van der Waals surface area contributed by atoms with Gasteiger partial charge in [-0.15, -0.1) is 0 Å². The number of rotatable bonds is 24. The zero-order chi connectivity index (χ0) is 70.7. The number of nitrogens with zero attached hydrogens (tertiary/aromatic N) is 3. The first-order chi connectivity index (χ1) is 43.7. The maximum Gasteiger partial charge on any atom is 0.412 e. The minimum atomic E-state index is -1.35. The Labute approximate surface area is 547 Å². The van der Waals surface area contributed by atoms with Crippen molar-refractivity contribution in [2.24, 2.45) is 4.99 Å². The smallest absolute Gasteiger partial charge is 0.412 e. The largest absolute Gasteiger partial charge is 0.460 e. The van der Waals surface area contributed by atoms with Gasteiger partial charge in [0.1, 0.15) is 40.5 Å². The number of Topliss-reactive ketones (excluding diaryl/α,β-unsaturated/α-hetero) is 1. The van der Waals surface area contributed by atoms with Gasteiger partial charge in [-0.25, -0.2) is 24.2 Å². The van der Waals surface area contributed by atoms with Crippen molar-refractivity contribution in [2.45, 2.75) is 170 Å². The summed E-state index contributed by atoms with van der Waals surface area (Å²) >= 11 is 0. The van der Waals surface area contributed by atoms with Crippen LogP contribution in [0.5, 0.6) is 11.5 Å². The van der Waals surface area contributed by atoms with E-state index < -0.39 is 64.2 Å². The summed E-state index contributed by atoms with van der Waals surface area (Å²) in [5.74, 6) is -3.97. The van der Waals surface area contributed by atoms with E-state index in [4.69, 9.17) is 56.2 Å². The lowest BCUT2D eigenvalue weighted by Crippen LogP contribution is -2.42. The number of hydrogen-bond acceptors (Lipinski definition) is 23. The van der Waals surface area contributed by atoms with Crippen LogP contribution in [0.15, 0.2) is 74.5 Å². The number of nitrogens with one attached hydrogen (secondary N) is 1. The summed E-state index contributed by atoms with van der Waals surface area (Å²) in [7, 11) is 5.80. The molecule has 0 unspecified atom stereocenters. The Morgan fingerprint density at radius 2 is 1.00 bits per heavy atom. The average molecular weight is 1320 g/mol. The number of isocyanates is 1. The van der Waals surface area contributed by atoms with Gasteiger partial charge in [-0.05, 0) is 135 Å². The molecule has 0 radical (unpaired) electrons. The van der Waals surface area contributed by atoms with E-state index in [0.29, 0.717) is 40.1 Å². The quantitative estimate of drug-likeness (QED) is 0.0112. The number of ether oxygens (including phenoxy) is 10. The molecule has 2 aromatic heterocycles. The molecular weight excluding hydrogens is 1220 g/mol. The molecule has 26 nitrogen and oxygen atoms in total. The van der Waals surface area contributed by atoms with Crippen LogP contribution in [0.3, 0.4) is 0 Å². The standard InChI is InChI=1S/C38H52N2O12.C16H14O5.C14H24N2O5/c1-24(41)23-40(35(45)52-37(5,6)7)21-15-19-29(42)49-31-25-16-11-12-17-26(25)32(33-27(31)22-28(48-33)38(8,46-9)47-10)50-34(44)39-20-14-13-18-30(43)51-36(2,3)4;1-16(19-2,20-3)12-8-11-13(17)9-6-4-5-7-10(9)14(18)15(11)21-12;1-13(2,3)20-11(18)9-16(8-7-15-10-17)12(19)21-14(4,5)6/h11-12,16-17,22H,13-15,18-21,23H2,1-10H3,(H,39,44);4-8H,1-3H3;7-9H2,1-6H3. The molecule has 1 aliphatic rings. The molecule has 0 aliphatic heterocycles. The number of methoxy groups -OCH3 is 4. The number of aliphatic imine (C=N–C) groups is 1. The van der Waals surface area contributed by atoms with Gasteiger partial charge in [-0.1, -0.05) is 48.5 Å². The monoisotopic (exact) mass is 1310 g/mol. The number of amides is 3. The lowest BCUT2D eigenvalue weighted by Gasteiger charge is -2.27. The lowest BCUT2D eigenvalue weighted by molar-refractivity contribution is -0.213. The van der Waals surface area contributed by atoms with Gasteiger partial charge >= 0.3 is 36.2 Å². The molecule has 0 saturated carbocycles. The summed E-state index contributed by atoms with van der Waals surface area (Å²) in [6.07, 6.45) is 0.630. The third-order valence-electron chi connectivity index (χ3n) is 13.4. The Morgan fingerprint density at radius 3 is 1.51 bits per heavy atom. The van der Waals surface area contributed by atoms with E-state index in [9.17, 15) is 47.9 Å². The Morgan fingerprint density at radius 1 is 0.521 bits per heavy atom. The maximum absolute atomic E-state index is 13.3. The molecule has 3 aromatic carbocycles. The van der Waals surface area contributed by atoms with Gasteiger partial charge in [-0.2, -0.15) is 0 Å². The zero-order valence-corrected chi connectivity index (χ0v) is 57.4. The van der Waals surface area contributed by atoms with Crippen molar-refractivity contribution >= 4 is 81.4 Å². The van der Waals surface area contributed by atoms with Crippen molar-refractivity contribution in [3.05, 3.63) is 94.6 Å². The van der Waals surface area contributed by atoms with Gasteiger partial charge in [0.05, 0.1) is 24.0 Å². The van der Waals surface area contributed by atoms with Gasteiger partial charge in [-0.3, -0.25) is 33.7 Å². The summed E-state index contributed by atoms with van der Waals surface area (Å²) in [5, 5.41) is 3.90. The SMILES string of the molecule is CC(C)(C)OC(=O)CN(CCN=C=O)C(=O)OC(C)(C)C.COC(C)(OC)c1cc2c(OC(=O)CCCN(CC(C)=O)C(=O)OC(C)(C)C)c3ccccc3c(OC(=O)NCCCCC(=O)OC(C)(C)C)c2o1.COC(C)(OC)c1cc2c(o1)C(=O)c1ccccc1C2=O. The van der Waals surface area contributed by atoms with E-state index in [1.807, 2.05) is 0 Å². The molecule has 2 heterocycles. The third-order valence-corrected chi connectivity index (χ3v) is 13.4. The highest BCUT2D eigenvalue weighted by Crippen LogP contribution is 2.46. The molecule has 0 spiro atoms. The van der Waals surface area contributed by atoms with Crippen LogP contribution in [-0.4, -0.2) is 160 Å². The minimum Gasteiger partial charge on any atom is -0.460 e. The number of unbranched alkanes of at least 4 members (excludes halogenated alkanes) is 1. The molecule has 3 amide bonds. The van der Waals surface area contributed by atoms with Crippen LogP contribution >= 0.6 is 0 Å². The number of benzene rings is 3. The van der Waals surface area contributed by atoms with Gasteiger partial charge in [0.15, 0.2) is 34.4 Å². The van der Waals surface area contributed by atoms with Crippen molar-refractivity contribution in [1.82, 2.24) is 15.1 Å². The number of ketones is 3. The second-order valence-electron chi connectivity index (χ2n) is 25.8. The molecular formula is C68H90N4O22. The fourth-order valence-corrected chi connectivity index (χ4v) is 8.80. The molecule has 0 saturated heterocycles. The number of carbonyl (C=O) groups excluding carboxylic acids is 10. The molecule has 94 heavy (non-hydrogen) atoms. The van der Waals surface area contributed by atoms with Crippen molar-refractivity contribution in [2.75, 3.05) is 67.7 Å². The van der Waals surface area contributed by atoms with Crippen LogP contribution in [-0.2, 0) is 73.4 Å². The first-order valence-electron chi connectivity index (χ1n) is 30.3. The van der Waals surface area contributed by atoms with Crippen molar-refractivity contribution in [3.8, 4) is 11.5 Å². The predicted molar refractivity (Wildman–Crippen MR) is 342 cm³/mol. The second kappa shape index (κ2) is 33.3. The van der Waals surface area contributed by atoms with Gasteiger partial charge < -0.3 is 66.4 Å². The molecule has 0 atom stereocenters. The highest BCUT2D eigenvalue weighted by molar-refractivity contribution is 6.27. The number of hydrogen-bond donors (Lipinski definition) is 1. The molecule has 514 valence electrons. The molecule has 1 N–H and O–H groups in total. The number of esters is 3. The van der Waals surface area contributed by atoms with E-state index in [1.54, 1.807) is 152 Å². The summed E-state index contributed by atoms with van der Waals surface area (Å²) in [6, 6.07) is 16.7. The molecule has 6 rings (SSSR count). The van der Waals surface area contributed by atoms with Crippen LogP contribution in [0.2, 0.25) is 0 Å². The Balaban J connectivity index is 0.000000364. The summed E-state index contributed by atoms with van der Waals surface area (Å²) < 4.78 is 66.4. The average Bonchev–Trinajstić information content (AvgIpc) is 1.54. The predicted octanol–water partition coefficient (Wildman–Crippen LogP) is 11.6. The Kier molecular flexibility index (Phi) is 27.5. The van der Waals surface area contributed by atoms with Crippen LogP contribution in [0, 0.1) is 0 Å². The first kappa shape index (κ1) is 77.6. The lowest BCUT2D eigenvalue weighted by atomic mass is 9.88. The summed E-state index contributed by atoms with van der Waals surface area (Å²) in [5.41, 5.74) is -1.56. The molecule has 26 heteroatoms. The highest BCUT2D eigenvalue weighted by atomic mass is 16.7. The van der Waals surface area contributed by atoms with Crippen molar-refractivity contribution < 1.29 is 104 Å². The summed E-state index contributed by atoms with van der Waals surface area (Å²) in [6.45, 7) is 25.6. The van der Waals surface area contributed by atoms with Gasteiger partial charge in [0.25, 0.3) is 0 Å². The fourth-order valence-electron chi connectivity index (χ4n) is 8.80. The molecule has 1 aliphatic carbocycles. The zero-order valence-electron chi connectivity index (χ0n) is 57.4. The number of fused-ring (bicyclic) bond motifs is 4. The number of furan rings is 2. The highest BCUT2D eigenvalue weighted by Gasteiger charge is 2.39. The van der Waals surface area contributed by atoms with E-state index >= 15 is 0 Å². The molecule has 0 bridgehead atoms. The van der Waals surface area contributed by atoms with Crippen LogP contribution in [0.4, 0.5) is 14.4 Å². The van der Waals surface area contributed by atoms with E-state index in [0.717, 1.165) is 4.90 Å². The fraction of sp³-hybridized carbons (Fsp3) is 0.529. The van der Waals surface area contributed by atoms with Crippen LogP contribution in [0.25, 0.3) is 21.7 Å². The topological polar surface area (TPSA) is 320 Å². The minimum absolute atomic E-state index is 0.0361. The van der Waals surface area contributed by atoms with Crippen molar-refractivity contribution in [1.29, 1.82) is 0 Å². The Bertz CT molecular complexity index is 3500. The van der Waals surface area contributed by atoms with E-state index in [-0.39, 0.29) is 122 Å². The third kappa shape index (κ3) is 23.0. The van der Waals surface area contributed by atoms with Crippen LogP contribution in [0.1, 0.15) is 180 Å². The normalized spacial score (nSPS) is 12.3. The van der Waals surface area contributed by atoms with Gasteiger partial charge in [0.2, 0.25) is 23.4 Å². The van der Waals surface area contributed by atoms with Crippen molar-refractivity contribution in [3.63, 3.8) is 0 Å². The van der Waals surface area contributed by atoms with E-state index in [2.05, 4.69) is 10.3 Å². The van der Waals surface area contributed by atoms with Gasteiger partial charge in [0, 0.05) is 82.8 Å². The second-order valence-corrected chi connectivity index (χ2v) is 25.8. The first-order valence-corrected chi connectivity index (χ1v) is 30.3. The molecule has 0 fully saturated rings. The Hall–Kier alpha value is -8.81. The maximum atomic E-state index is 13.3. The van der Waals surface area contributed by atoms with E-state index in [1.165, 1.54) is 52.4 Å². The van der Waals surface area contributed by atoms with Crippen LogP contribution < -0.4 is 14.8 Å². The summed E-state index contributed by atoms with van der Waals surface area (Å²) in [4.78, 5) is 128.